The number of nitrogens with zero attached hydrogens (tertiary/aromatic N) is 1. The molecule has 0 heterocycles. The fourth-order valence-electron chi connectivity index (χ4n) is 2.00. The zero-order valence-corrected chi connectivity index (χ0v) is 14.3. The number of ether oxygens (including phenoxy) is 1. The number of benzene rings is 1. The van der Waals surface area contributed by atoms with Gasteiger partial charge in [-0.2, -0.15) is 13.2 Å². The highest BCUT2D eigenvalue weighted by atomic mass is 32.2. The molecular formula is C17H22F3NOS. The number of halogens is 3. The maximum absolute atomic E-state index is 13.1. The third kappa shape index (κ3) is 5.75. The van der Waals surface area contributed by atoms with Gasteiger partial charge in [-0.05, 0) is 56.2 Å². The van der Waals surface area contributed by atoms with Crippen molar-refractivity contribution in [2.45, 2.75) is 45.7 Å². The smallest absolute Gasteiger partial charge is 0.419 e. The first-order chi connectivity index (χ1) is 10.9. The third-order valence-corrected chi connectivity index (χ3v) is 4.54. The molecule has 0 aliphatic heterocycles. The fourth-order valence-corrected chi connectivity index (χ4v) is 2.81. The van der Waals surface area contributed by atoms with Crippen LogP contribution in [0.2, 0.25) is 0 Å². The molecule has 2 nitrogen and oxygen atoms in total. The second kappa shape index (κ2) is 8.08. The Balaban J connectivity index is 2.15. The molecule has 6 heteroatoms. The predicted octanol–water partition coefficient (Wildman–Crippen LogP) is 5.75. The molecule has 0 N–H and O–H groups in total. The molecule has 0 atom stereocenters. The van der Waals surface area contributed by atoms with Crippen molar-refractivity contribution in [2.75, 3.05) is 12.4 Å². The Morgan fingerprint density at radius 1 is 1.35 bits per heavy atom. The van der Waals surface area contributed by atoms with Gasteiger partial charge in [-0.25, -0.2) is 4.40 Å². The molecule has 0 unspecified atom stereocenters. The summed E-state index contributed by atoms with van der Waals surface area (Å²) in [4.78, 5) is 0. The van der Waals surface area contributed by atoms with Crippen molar-refractivity contribution in [3.63, 3.8) is 0 Å². The van der Waals surface area contributed by atoms with Crippen molar-refractivity contribution in [3.05, 3.63) is 29.3 Å². The maximum atomic E-state index is 13.1. The van der Waals surface area contributed by atoms with Crippen molar-refractivity contribution >= 4 is 17.7 Å². The average molecular weight is 345 g/mol. The zero-order valence-electron chi connectivity index (χ0n) is 13.4. The number of unbranched alkanes of at least 4 members (excludes halogenated alkanes) is 1. The van der Waals surface area contributed by atoms with E-state index < -0.39 is 11.7 Å². The van der Waals surface area contributed by atoms with E-state index in [1.807, 2.05) is 6.92 Å². The van der Waals surface area contributed by atoms with Crippen LogP contribution in [0.3, 0.4) is 0 Å². The van der Waals surface area contributed by atoms with Gasteiger partial charge in [0, 0.05) is 11.3 Å². The normalized spacial score (nSPS) is 15.8. The topological polar surface area (TPSA) is 21.6 Å². The van der Waals surface area contributed by atoms with Crippen molar-refractivity contribution < 1.29 is 17.9 Å². The van der Waals surface area contributed by atoms with E-state index in [2.05, 4.69) is 11.3 Å². The molecule has 1 aromatic rings. The molecule has 1 saturated carbocycles. The van der Waals surface area contributed by atoms with E-state index in [0.717, 1.165) is 43.2 Å². The molecule has 128 valence electrons. The van der Waals surface area contributed by atoms with Crippen LogP contribution in [0, 0.1) is 5.92 Å². The van der Waals surface area contributed by atoms with E-state index >= 15 is 0 Å². The van der Waals surface area contributed by atoms with Crippen LogP contribution in [0.4, 0.5) is 13.2 Å². The summed E-state index contributed by atoms with van der Waals surface area (Å²) in [5.41, 5.74) is 0.678. The number of alkyl halides is 3. The fraction of sp³-hybridized carbons (Fsp3) is 0.588. The van der Waals surface area contributed by atoms with Gasteiger partial charge in [0.2, 0.25) is 0 Å². The molecule has 0 amide bonds. The van der Waals surface area contributed by atoms with Gasteiger partial charge < -0.3 is 4.74 Å². The van der Waals surface area contributed by atoms with Crippen LogP contribution < -0.4 is 4.74 Å². The largest absolute Gasteiger partial charge is 0.493 e. The Morgan fingerprint density at radius 3 is 2.70 bits per heavy atom. The Labute approximate surface area is 139 Å². The quantitative estimate of drug-likeness (QED) is 0.340. The van der Waals surface area contributed by atoms with E-state index in [0.29, 0.717) is 18.1 Å². The molecule has 0 aromatic heterocycles. The summed E-state index contributed by atoms with van der Waals surface area (Å²) in [7, 11) is 0. The molecule has 0 bridgehead atoms. The van der Waals surface area contributed by atoms with Crippen LogP contribution in [-0.4, -0.2) is 18.1 Å². The summed E-state index contributed by atoms with van der Waals surface area (Å²) >= 11 is 1.45. The minimum atomic E-state index is -4.40. The van der Waals surface area contributed by atoms with Gasteiger partial charge in [0.1, 0.15) is 5.75 Å². The van der Waals surface area contributed by atoms with Crippen molar-refractivity contribution in [2.24, 2.45) is 10.3 Å². The molecule has 0 radical (unpaired) electrons. The average Bonchev–Trinajstić information content (AvgIpc) is 3.32. The lowest BCUT2D eigenvalue weighted by molar-refractivity contribution is -0.139. The first-order valence-electron chi connectivity index (χ1n) is 7.92. The van der Waals surface area contributed by atoms with Crippen LogP contribution in [0.15, 0.2) is 22.6 Å². The minimum Gasteiger partial charge on any atom is -0.493 e. The maximum Gasteiger partial charge on any atom is 0.419 e. The summed E-state index contributed by atoms with van der Waals surface area (Å²) in [6.45, 7) is 4.27. The Morgan fingerprint density at radius 2 is 2.09 bits per heavy atom. The van der Waals surface area contributed by atoms with Gasteiger partial charge in [0.15, 0.2) is 0 Å². The number of hydrogen-bond acceptors (Lipinski definition) is 3. The van der Waals surface area contributed by atoms with Crippen molar-refractivity contribution in [3.8, 4) is 5.75 Å². The Hall–Kier alpha value is -1.17. The Kier molecular flexibility index (Phi) is 6.39. The van der Waals surface area contributed by atoms with Gasteiger partial charge in [-0.1, -0.05) is 19.4 Å². The second-order valence-electron chi connectivity index (χ2n) is 5.83. The lowest BCUT2D eigenvalue weighted by Crippen LogP contribution is -2.11. The van der Waals surface area contributed by atoms with E-state index in [1.165, 1.54) is 24.1 Å². The van der Waals surface area contributed by atoms with E-state index in [9.17, 15) is 13.2 Å². The standard InChI is InChI=1S/C17H22F3NOS/c1-3-4-9-23-21-12(2)14-7-8-15(17(18,19)20)16(10-14)22-11-13-5-6-13/h7-8,10,13H,3-6,9,11H2,1-2H3/b21-12+. The molecule has 0 spiro atoms. The number of rotatable bonds is 8. The second-order valence-corrected chi connectivity index (χ2v) is 6.68. The first-order valence-corrected chi connectivity index (χ1v) is 8.87. The third-order valence-electron chi connectivity index (χ3n) is 3.67. The van der Waals surface area contributed by atoms with Gasteiger partial charge >= 0.3 is 6.18 Å². The van der Waals surface area contributed by atoms with Crippen molar-refractivity contribution in [1.29, 1.82) is 0 Å². The van der Waals surface area contributed by atoms with Crippen LogP contribution in [0.1, 0.15) is 50.7 Å². The highest BCUT2D eigenvalue weighted by molar-refractivity contribution is 7.98. The minimum absolute atomic E-state index is 0.0880. The monoisotopic (exact) mass is 345 g/mol. The summed E-state index contributed by atoms with van der Waals surface area (Å²) < 4.78 is 49.1. The summed E-state index contributed by atoms with van der Waals surface area (Å²) in [6.07, 6.45) is -0.158. The van der Waals surface area contributed by atoms with Crippen LogP contribution in [-0.2, 0) is 6.18 Å². The van der Waals surface area contributed by atoms with Crippen LogP contribution in [0.25, 0.3) is 0 Å². The molecule has 0 saturated heterocycles. The van der Waals surface area contributed by atoms with E-state index in [-0.39, 0.29) is 5.75 Å². The zero-order chi connectivity index (χ0) is 16.9. The van der Waals surface area contributed by atoms with Gasteiger partial charge in [0.05, 0.1) is 17.9 Å². The Bertz CT molecular complexity index is 553. The highest BCUT2D eigenvalue weighted by Gasteiger charge is 2.35. The summed E-state index contributed by atoms with van der Waals surface area (Å²) in [6, 6.07) is 4.02. The van der Waals surface area contributed by atoms with Gasteiger partial charge in [-0.3, -0.25) is 0 Å². The molecule has 1 fully saturated rings. The lowest BCUT2D eigenvalue weighted by atomic mass is 10.1. The lowest BCUT2D eigenvalue weighted by Gasteiger charge is -2.15. The first kappa shape index (κ1) is 18.2. The van der Waals surface area contributed by atoms with Crippen LogP contribution >= 0.6 is 11.9 Å². The van der Waals surface area contributed by atoms with Crippen LogP contribution in [0.5, 0.6) is 5.75 Å². The van der Waals surface area contributed by atoms with Gasteiger partial charge in [-0.15, -0.1) is 0 Å². The highest BCUT2D eigenvalue weighted by Crippen LogP contribution is 2.38. The summed E-state index contributed by atoms with van der Waals surface area (Å²) in [5.74, 6) is 1.23. The molecule has 1 aliphatic rings. The molecule has 2 rings (SSSR count). The van der Waals surface area contributed by atoms with Gasteiger partial charge in [0.25, 0.3) is 0 Å². The van der Waals surface area contributed by atoms with E-state index in [4.69, 9.17) is 4.74 Å². The number of hydrogen-bond donors (Lipinski definition) is 0. The molecular weight excluding hydrogens is 323 g/mol. The SMILES string of the molecule is CCCCS/N=C(\C)c1ccc(C(F)(F)F)c(OCC2CC2)c1. The molecule has 1 aliphatic carbocycles. The van der Waals surface area contributed by atoms with Crippen molar-refractivity contribution in [1.82, 2.24) is 0 Å². The summed E-state index contributed by atoms with van der Waals surface area (Å²) in [5, 5.41) is 0. The predicted molar refractivity (Wildman–Crippen MR) is 89.2 cm³/mol. The molecule has 1 aromatic carbocycles. The van der Waals surface area contributed by atoms with E-state index in [1.54, 1.807) is 0 Å². The molecule has 23 heavy (non-hydrogen) atoms.